The average Bonchev–Trinajstić information content (AvgIpc) is 2.46. The third-order valence-electron chi connectivity index (χ3n) is 3.17. The Kier molecular flexibility index (Phi) is 4.65. The Bertz CT molecular complexity index is 650. The molecule has 0 aliphatic carbocycles. The Morgan fingerprint density at radius 2 is 1.95 bits per heavy atom. The van der Waals surface area contributed by atoms with Crippen molar-refractivity contribution in [2.45, 2.75) is 13.3 Å². The van der Waals surface area contributed by atoms with Crippen LogP contribution in [0.2, 0.25) is 0 Å². The number of fused-ring (bicyclic) bond motifs is 2. The topological polar surface area (TPSA) is 46.5 Å². The Labute approximate surface area is 131 Å². The number of aryl methyl sites for hydroxylation is 1. The molecule has 0 unspecified atom stereocenters. The summed E-state index contributed by atoms with van der Waals surface area (Å²) in [6, 6.07) is 11.1. The van der Waals surface area contributed by atoms with E-state index in [9.17, 15) is 9.90 Å². The highest BCUT2D eigenvalue weighted by atomic mass is 127. The number of hydrogen-bond donors (Lipinski definition) is 1. The first kappa shape index (κ1) is 14.8. The third-order valence-corrected chi connectivity index (χ3v) is 3.17. The molecule has 4 heteroatoms. The largest absolute Gasteiger partial charge is 0.478 e. The number of hydrogen-bond acceptors (Lipinski definition) is 2. The molecular formula is C16H15IO3. The first-order valence-electron chi connectivity index (χ1n) is 6.15. The lowest BCUT2D eigenvalue weighted by molar-refractivity contribution is 0.0695. The van der Waals surface area contributed by atoms with Crippen molar-refractivity contribution in [3.63, 3.8) is 0 Å². The highest BCUT2D eigenvalue weighted by Crippen LogP contribution is 2.38. The van der Waals surface area contributed by atoms with Crippen LogP contribution in [0.5, 0.6) is 11.5 Å². The number of benzene rings is 2. The summed E-state index contributed by atoms with van der Waals surface area (Å²) in [6.07, 6.45) is 0.606. The Morgan fingerprint density at radius 3 is 2.65 bits per heavy atom. The van der Waals surface area contributed by atoms with Crippen LogP contribution in [0.25, 0.3) is 0 Å². The van der Waals surface area contributed by atoms with Gasteiger partial charge in [-0.1, -0.05) is 46.4 Å². The van der Waals surface area contributed by atoms with Gasteiger partial charge in [-0.3, -0.25) is 0 Å². The van der Waals surface area contributed by atoms with Crippen LogP contribution < -0.4 is 4.74 Å². The molecule has 0 spiro atoms. The van der Waals surface area contributed by atoms with Crippen molar-refractivity contribution >= 4 is 28.6 Å². The van der Waals surface area contributed by atoms with Gasteiger partial charge in [-0.05, 0) is 35.6 Å². The first-order valence-corrected chi connectivity index (χ1v) is 8.31. The molecule has 1 N–H and O–H groups in total. The highest BCUT2D eigenvalue weighted by molar-refractivity contribution is 14.1. The molecule has 1 aliphatic rings. The van der Waals surface area contributed by atoms with Crippen LogP contribution in [0.4, 0.5) is 0 Å². The summed E-state index contributed by atoms with van der Waals surface area (Å²) in [6.45, 7) is 2.01. The highest BCUT2D eigenvalue weighted by Gasteiger charge is 2.22. The van der Waals surface area contributed by atoms with Crippen molar-refractivity contribution in [1.29, 1.82) is 0 Å². The predicted molar refractivity (Wildman–Crippen MR) is 87.4 cm³/mol. The fourth-order valence-corrected chi connectivity index (χ4v) is 2.30. The molecule has 1 heterocycles. The van der Waals surface area contributed by atoms with Gasteiger partial charge in [0.05, 0.1) is 5.56 Å². The van der Waals surface area contributed by atoms with Crippen molar-refractivity contribution < 1.29 is 14.6 Å². The lowest BCUT2D eigenvalue weighted by atomic mass is 9.95. The molecule has 0 amide bonds. The van der Waals surface area contributed by atoms with E-state index in [1.807, 2.05) is 36.1 Å². The van der Waals surface area contributed by atoms with Crippen molar-refractivity contribution in [2.75, 3.05) is 4.93 Å². The summed E-state index contributed by atoms with van der Waals surface area (Å²) >= 11 is 2.15. The number of carbonyl (C=O) groups is 1. The maximum Gasteiger partial charge on any atom is 0.336 e. The van der Waals surface area contributed by atoms with Crippen molar-refractivity contribution in [1.82, 2.24) is 0 Å². The van der Waals surface area contributed by atoms with Crippen molar-refractivity contribution in [2.24, 2.45) is 0 Å². The third kappa shape index (κ3) is 2.80. The van der Waals surface area contributed by atoms with E-state index in [1.165, 1.54) is 0 Å². The van der Waals surface area contributed by atoms with Crippen LogP contribution in [0.3, 0.4) is 0 Å². The summed E-state index contributed by atoms with van der Waals surface area (Å²) < 4.78 is 5.76. The van der Waals surface area contributed by atoms with Crippen LogP contribution >= 0.6 is 22.6 Å². The van der Waals surface area contributed by atoms with Gasteiger partial charge in [0.1, 0.15) is 11.5 Å². The van der Waals surface area contributed by atoms with Gasteiger partial charge in [0.15, 0.2) is 0 Å². The average molecular weight is 382 g/mol. The number of ether oxygens (including phenoxy) is 1. The molecule has 2 aromatic carbocycles. The second kappa shape index (κ2) is 6.26. The van der Waals surface area contributed by atoms with E-state index < -0.39 is 5.97 Å². The lowest BCUT2D eigenvalue weighted by Crippen LogP contribution is -2.09. The molecule has 2 aromatic rings. The van der Waals surface area contributed by atoms with Gasteiger partial charge in [0.25, 0.3) is 0 Å². The molecule has 20 heavy (non-hydrogen) atoms. The quantitative estimate of drug-likeness (QED) is 0.500. The zero-order chi connectivity index (χ0) is 14.7. The van der Waals surface area contributed by atoms with Crippen LogP contribution in [0.1, 0.15) is 27.0 Å². The van der Waals surface area contributed by atoms with E-state index in [0.717, 1.165) is 22.4 Å². The number of aromatic carboxylic acids is 1. The molecular weight excluding hydrogens is 367 g/mol. The zero-order valence-electron chi connectivity index (χ0n) is 11.3. The van der Waals surface area contributed by atoms with Crippen LogP contribution in [-0.4, -0.2) is 16.0 Å². The standard InChI is InChI=1S/C15H12O3.CH3I/c1-9-5-6-13-10(7-9)8-12-11(15(16)17)3-2-4-14(12)18-13;1-2/h2-7H,8H2,1H3,(H,16,17);1H3. The van der Waals surface area contributed by atoms with Crippen molar-refractivity contribution in [3.05, 3.63) is 58.7 Å². The zero-order valence-corrected chi connectivity index (χ0v) is 13.5. The Balaban J connectivity index is 0.000000704. The predicted octanol–water partition coefficient (Wildman–Crippen LogP) is 4.44. The summed E-state index contributed by atoms with van der Waals surface area (Å²) in [5.41, 5.74) is 3.26. The minimum atomic E-state index is -0.911. The minimum Gasteiger partial charge on any atom is -0.478 e. The van der Waals surface area contributed by atoms with Crippen LogP contribution in [0, 0.1) is 6.92 Å². The molecule has 0 atom stereocenters. The molecule has 104 valence electrons. The number of carboxylic acids is 1. The van der Waals surface area contributed by atoms with Crippen LogP contribution in [-0.2, 0) is 6.42 Å². The number of halogens is 1. The number of carboxylic acid groups (broad SMARTS) is 1. The summed E-state index contributed by atoms with van der Waals surface area (Å²) in [5.74, 6) is 0.549. The SMILES string of the molecule is CI.Cc1ccc2c(c1)Cc1c(cccc1C(=O)O)O2. The molecule has 3 rings (SSSR count). The molecule has 0 radical (unpaired) electrons. The molecule has 0 saturated heterocycles. The Hall–Kier alpha value is -1.56. The maximum absolute atomic E-state index is 11.2. The summed E-state index contributed by atoms with van der Waals surface area (Å²) in [5, 5.41) is 9.19. The lowest BCUT2D eigenvalue weighted by Gasteiger charge is -2.21. The summed E-state index contributed by atoms with van der Waals surface area (Å²) in [4.78, 5) is 13.2. The van der Waals surface area contributed by atoms with E-state index in [4.69, 9.17) is 4.74 Å². The molecule has 0 aromatic heterocycles. The van der Waals surface area contributed by atoms with Gasteiger partial charge in [0, 0.05) is 12.0 Å². The number of alkyl halides is 1. The monoisotopic (exact) mass is 382 g/mol. The molecule has 3 nitrogen and oxygen atoms in total. The molecule has 0 saturated carbocycles. The normalized spacial score (nSPS) is 11.3. The number of rotatable bonds is 1. The Morgan fingerprint density at radius 1 is 1.20 bits per heavy atom. The first-order chi connectivity index (χ1) is 9.65. The second-order valence-electron chi connectivity index (χ2n) is 4.48. The van der Waals surface area contributed by atoms with Crippen LogP contribution in [0.15, 0.2) is 36.4 Å². The fourth-order valence-electron chi connectivity index (χ4n) is 2.30. The van der Waals surface area contributed by atoms with Gasteiger partial charge in [-0.25, -0.2) is 4.79 Å². The second-order valence-corrected chi connectivity index (χ2v) is 4.48. The van der Waals surface area contributed by atoms with Crippen molar-refractivity contribution in [3.8, 4) is 11.5 Å². The van der Waals surface area contributed by atoms with E-state index in [1.54, 1.807) is 12.1 Å². The molecule has 1 aliphatic heterocycles. The van der Waals surface area contributed by atoms with Gasteiger partial charge in [0.2, 0.25) is 0 Å². The smallest absolute Gasteiger partial charge is 0.336 e. The van der Waals surface area contributed by atoms with E-state index in [-0.39, 0.29) is 0 Å². The minimum absolute atomic E-state index is 0.319. The molecule has 0 fully saturated rings. The maximum atomic E-state index is 11.2. The van der Waals surface area contributed by atoms with Gasteiger partial charge < -0.3 is 9.84 Å². The van der Waals surface area contributed by atoms with Gasteiger partial charge in [-0.15, -0.1) is 0 Å². The van der Waals surface area contributed by atoms with E-state index >= 15 is 0 Å². The van der Waals surface area contributed by atoms with E-state index in [0.29, 0.717) is 17.7 Å². The van der Waals surface area contributed by atoms with Gasteiger partial charge in [-0.2, -0.15) is 0 Å². The van der Waals surface area contributed by atoms with E-state index in [2.05, 4.69) is 22.6 Å². The molecule has 0 bridgehead atoms. The fraction of sp³-hybridized carbons (Fsp3) is 0.188. The van der Waals surface area contributed by atoms with Gasteiger partial charge >= 0.3 is 5.97 Å². The summed E-state index contributed by atoms with van der Waals surface area (Å²) in [7, 11) is 0.